The molecule has 0 spiro atoms. The molecule has 6 heteroatoms. The summed E-state index contributed by atoms with van der Waals surface area (Å²) in [6.07, 6.45) is 6.37. The van der Waals surface area contributed by atoms with Crippen LogP contribution in [0.1, 0.15) is 42.4 Å². The van der Waals surface area contributed by atoms with Crippen molar-refractivity contribution >= 4 is 22.7 Å². The highest BCUT2D eigenvalue weighted by Crippen LogP contribution is 2.28. The molecule has 230 valence electrons. The van der Waals surface area contributed by atoms with Crippen molar-refractivity contribution in [2.24, 2.45) is 17.6 Å². The molecule has 1 saturated carbocycles. The fourth-order valence-electron chi connectivity index (χ4n) is 6.44. The van der Waals surface area contributed by atoms with Gasteiger partial charge in [-0.05, 0) is 77.9 Å². The first-order valence-electron chi connectivity index (χ1n) is 16.2. The van der Waals surface area contributed by atoms with E-state index in [1.807, 2.05) is 59.5 Å². The van der Waals surface area contributed by atoms with E-state index in [1.165, 1.54) is 17.5 Å². The lowest BCUT2D eigenvalue weighted by atomic mass is 9.81. The summed E-state index contributed by atoms with van der Waals surface area (Å²) in [6.45, 7) is 2.44. The minimum Gasteiger partial charge on any atom is -0.354 e. The summed E-state index contributed by atoms with van der Waals surface area (Å²) >= 11 is 0. The van der Waals surface area contributed by atoms with Gasteiger partial charge in [-0.2, -0.15) is 0 Å². The van der Waals surface area contributed by atoms with Crippen LogP contribution in [0.3, 0.4) is 0 Å². The number of carbonyl (C=O) groups excluding carboxylic acids is 2. The molecule has 3 amide bonds. The van der Waals surface area contributed by atoms with Gasteiger partial charge in [0.1, 0.15) is 6.04 Å². The number of nitrogens with one attached hydrogen (secondary N) is 2. The molecular weight excluding hydrogens is 544 g/mol. The number of benzene rings is 4. The van der Waals surface area contributed by atoms with Crippen molar-refractivity contribution in [2.75, 3.05) is 26.2 Å². The second-order valence-electron chi connectivity index (χ2n) is 12.2. The van der Waals surface area contributed by atoms with Gasteiger partial charge >= 0.3 is 6.03 Å². The van der Waals surface area contributed by atoms with E-state index in [0.29, 0.717) is 44.4 Å². The van der Waals surface area contributed by atoms with Crippen molar-refractivity contribution in [3.8, 4) is 0 Å². The molecule has 4 aromatic carbocycles. The Bertz CT molecular complexity index is 1430. The van der Waals surface area contributed by atoms with Crippen LogP contribution in [-0.2, 0) is 24.1 Å². The molecule has 0 aliphatic heterocycles. The van der Waals surface area contributed by atoms with Crippen molar-refractivity contribution in [1.82, 2.24) is 15.5 Å². The number of nitrogens with two attached hydrogens (primary N) is 1. The predicted octanol–water partition coefficient (Wildman–Crippen LogP) is 6.13. The second-order valence-corrected chi connectivity index (χ2v) is 12.2. The van der Waals surface area contributed by atoms with E-state index in [-0.39, 0.29) is 11.9 Å². The van der Waals surface area contributed by atoms with E-state index in [1.54, 1.807) is 0 Å². The standard InChI is InChI=1S/C38H46N4O2/c39-27-31-15-9-16-32(25-31)28-40-37(43)36(26-34-19-10-18-33-17-7-8-20-35(33)34)41-38(44)42(23-21-29-11-3-1-4-12-29)24-22-30-13-5-2-6-14-30/h1-8,10-14,17-20,31-32,36H,9,15-16,21-28,39H2,(H,40,43)(H,41,44)/t31?,32?,36-/m1/s1. The third-order valence-corrected chi connectivity index (χ3v) is 9.02. The highest BCUT2D eigenvalue weighted by atomic mass is 16.2. The van der Waals surface area contributed by atoms with Gasteiger partial charge in [-0.15, -0.1) is 0 Å². The maximum atomic E-state index is 14.0. The molecule has 44 heavy (non-hydrogen) atoms. The highest BCUT2D eigenvalue weighted by molar-refractivity contribution is 5.90. The monoisotopic (exact) mass is 590 g/mol. The molecule has 5 rings (SSSR count). The smallest absolute Gasteiger partial charge is 0.318 e. The Labute approximate surface area is 262 Å². The number of fused-ring (bicyclic) bond motifs is 1. The van der Waals surface area contributed by atoms with Crippen LogP contribution in [0, 0.1) is 11.8 Å². The SMILES string of the molecule is NCC1CCCC(CNC(=O)[C@@H](Cc2cccc3ccccc23)NC(=O)N(CCc2ccccc2)CCc2ccccc2)C1. The first-order valence-corrected chi connectivity index (χ1v) is 16.2. The summed E-state index contributed by atoms with van der Waals surface area (Å²) in [6, 6.07) is 33.9. The first-order chi connectivity index (χ1) is 21.6. The van der Waals surface area contributed by atoms with Crippen LogP contribution >= 0.6 is 0 Å². The molecule has 1 fully saturated rings. The Hall–Kier alpha value is -4.16. The number of hydrogen-bond donors (Lipinski definition) is 3. The number of nitrogens with zero attached hydrogens (tertiary/aromatic N) is 1. The van der Waals surface area contributed by atoms with E-state index in [0.717, 1.165) is 48.4 Å². The van der Waals surface area contributed by atoms with Gasteiger partial charge < -0.3 is 21.3 Å². The lowest BCUT2D eigenvalue weighted by Crippen LogP contribution is -2.53. The van der Waals surface area contributed by atoms with Crippen LogP contribution in [0.25, 0.3) is 10.8 Å². The van der Waals surface area contributed by atoms with E-state index < -0.39 is 6.04 Å². The molecule has 0 aromatic heterocycles. The molecule has 1 aliphatic carbocycles. The van der Waals surface area contributed by atoms with Gasteiger partial charge in [0.25, 0.3) is 0 Å². The minimum atomic E-state index is -0.696. The van der Waals surface area contributed by atoms with Gasteiger partial charge in [0.15, 0.2) is 0 Å². The predicted molar refractivity (Wildman–Crippen MR) is 179 cm³/mol. The van der Waals surface area contributed by atoms with Gasteiger partial charge in [0, 0.05) is 26.1 Å². The summed E-state index contributed by atoms with van der Waals surface area (Å²) in [5, 5.41) is 8.60. The van der Waals surface area contributed by atoms with E-state index >= 15 is 0 Å². The zero-order chi connectivity index (χ0) is 30.6. The van der Waals surface area contributed by atoms with Gasteiger partial charge in [0.05, 0.1) is 0 Å². The third-order valence-electron chi connectivity index (χ3n) is 9.02. The van der Waals surface area contributed by atoms with Crippen molar-refractivity contribution in [3.05, 3.63) is 120 Å². The summed E-state index contributed by atoms with van der Waals surface area (Å²) in [5.74, 6) is 0.815. The molecule has 6 nitrogen and oxygen atoms in total. The Morgan fingerprint density at radius 3 is 2.07 bits per heavy atom. The quantitative estimate of drug-likeness (QED) is 0.175. The number of rotatable bonds is 13. The molecular formula is C38H46N4O2. The van der Waals surface area contributed by atoms with Gasteiger partial charge in [-0.25, -0.2) is 4.79 Å². The minimum absolute atomic E-state index is 0.132. The lowest BCUT2D eigenvalue weighted by Gasteiger charge is -2.30. The maximum absolute atomic E-state index is 14.0. The summed E-state index contributed by atoms with van der Waals surface area (Å²) < 4.78 is 0. The first kappa shape index (κ1) is 31.3. The summed E-state index contributed by atoms with van der Waals surface area (Å²) in [7, 11) is 0. The van der Waals surface area contributed by atoms with Gasteiger partial charge in [-0.1, -0.05) is 110 Å². The summed E-state index contributed by atoms with van der Waals surface area (Å²) in [4.78, 5) is 29.6. The highest BCUT2D eigenvalue weighted by Gasteiger charge is 2.27. The van der Waals surface area contributed by atoms with Crippen LogP contribution in [0.4, 0.5) is 4.79 Å². The van der Waals surface area contributed by atoms with Crippen molar-refractivity contribution in [3.63, 3.8) is 0 Å². The van der Waals surface area contributed by atoms with Crippen LogP contribution in [-0.4, -0.2) is 49.1 Å². The summed E-state index contributed by atoms with van der Waals surface area (Å²) in [5.41, 5.74) is 9.37. The van der Waals surface area contributed by atoms with E-state index in [4.69, 9.17) is 5.73 Å². The van der Waals surface area contributed by atoms with Crippen molar-refractivity contribution in [2.45, 2.75) is 51.0 Å². The normalized spacial score (nSPS) is 17.1. The lowest BCUT2D eigenvalue weighted by molar-refractivity contribution is -0.123. The van der Waals surface area contributed by atoms with Gasteiger partial charge in [-0.3, -0.25) is 4.79 Å². The Morgan fingerprint density at radius 2 is 1.39 bits per heavy atom. The molecule has 3 atom stereocenters. The topological polar surface area (TPSA) is 87.5 Å². The zero-order valence-electron chi connectivity index (χ0n) is 25.7. The largest absolute Gasteiger partial charge is 0.354 e. The average molecular weight is 591 g/mol. The zero-order valence-corrected chi connectivity index (χ0v) is 25.7. The number of amides is 3. The fraction of sp³-hybridized carbons (Fsp3) is 0.368. The van der Waals surface area contributed by atoms with Crippen LogP contribution in [0.2, 0.25) is 0 Å². The fourth-order valence-corrected chi connectivity index (χ4v) is 6.44. The Morgan fingerprint density at radius 1 is 0.773 bits per heavy atom. The van der Waals surface area contributed by atoms with Crippen LogP contribution in [0.5, 0.6) is 0 Å². The molecule has 4 aromatic rings. The molecule has 0 radical (unpaired) electrons. The molecule has 0 heterocycles. The van der Waals surface area contributed by atoms with Crippen LogP contribution in [0.15, 0.2) is 103 Å². The number of urea groups is 1. The second kappa shape index (κ2) is 16.1. The van der Waals surface area contributed by atoms with Crippen molar-refractivity contribution in [1.29, 1.82) is 0 Å². The number of carbonyl (C=O) groups is 2. The van der Waals surface area contributed by atoms with Crippen LogP contribution < -0.4 is 16.4 Å². The Kier molecular flexibility index (Phi) is 11.4. The average Bonchev–Trinajstić information content (AvgIpc) is 3.08. The Balaban J connectivity index is 1.33. The van der Waals surface area contributed by atoms with Gasteiger partial charge in [0.2, 0.25) is 5.91 Å². The molecule has 0 bridgehead atoms. The molecule has 2 unspecified atom stereocenters. The maximum Gasteiger partial charge on any atom is 0.318 e. The number of hydrogen-bond acceptors (Lipinski definition) is 3. The van der Waals surface area contributed by atoms with E-state index in [9.17, 15) is 9.59 Å². The van der Waals surface area contributed by atoms with Crippen molar-refractivity contribution < 1.29 is 9.59 Å². The molecule has 4 N–H and O–H groups in total. The molecule has 0 saturated heterocycles. The molecule has 1 aliphatic rings. The third kappa shape index (κ3) is 8.93. The van der Waals surface area contributed by atoms with E-state index in [2.05, 4.69) is 59.2 Å².